The Morgan fingerprint density at radius 1 is 0.886 bits per heavy atom. The van der Waals surface area contributed by atoms with Crippen molar-refractivity contribution >= 4 is 27.7 Å². The number of aromatic nitrogens is 4. The van der Waals surface area contributed by atoms with Crippen molar-refractivity contribution in [3.8, 4) is 22.4 Å². The number of nitrogens with one attached hydrogen (secondary N) is 2. The van der Waals surface area contributed by atoms with Gasteiger partial charge in [-0.05, 0) is 110 Å². The predicted octanol–water partition coefficient (Wildman–Crippen LogP) is 8.03. The van der Waals surface area contributed by atoms with Crippen molar-refractivity contribution < 1.29 is 4.79 Å². The fourth-order valence-electron chi connectivity index (χ4n) is 6.50. The fraction of sp³-hybridized carbons (Fsp3) is 0.432. The monoisotopic (exact) mass is 590 g/mol. The highest BCUT2D eigenvalue weighted by Gasteiger charge is 2.22. The van der Waals surface area contributed by atoms with Gasteiger partial charge in [0.1, 0.15) is 11.6 Å². The molecule has 0 bridgehead atoms. The smallest absolute Gasteiger partial charge is 0.223 e. The molecule has 0 saturated heterocycles. The highest BCUT2D eigenvalue weighted by molar-refractivity contribution is 6.06. The van der Waals surface area contributed by atoms with Gasteiger partial charge in [0.2, 0.25) is 5.91 Å². The van der Waals surface area contributed by atoms with Gasteiger partial charge in [0, 0.05) is 23.9 Å². The Morgan fingerprint density at radius 3 is 2.41 bits per heavy atom. The number of H-pyrrole nitrogens is 2. The normalized spacial score (nSPS) is 14.2. The van der Waals surface area contributed by atoms with E-state index in [0.717, 1.165) is 72.6 Å². The summed E-state index contributed by atoms with van der Waals surface area (Å²) in [5.41, 5.74) is 9.68. The van der Waals surface area contributed by atoms with Crippen LogP contribution in [0, 0.1) is 0 Å². The van der Waals surface area contributed by atoms with Gasteiger partial charge in [0.15, 0.2) is 0 Å². The average Bonchev–Trinajstić information content (AvgIpc) is 3.68. The van der Waals surface area contributed by atoms with Crippen LogP contribution in [0.2, 0.25) is 0 Å². The number of rotatable bonds is 11. The van der Waals surface area contributed by atoms with E-state index in [2.05, 4.69) is 104 Å². The van der Waals surface area contributed by atoms with Crippen molar-refractivity contribution in [3.05, 3.63) is 71.4 Å². The van der Waals surface area contributed by atoms with Gasteiger partial charge in [0.25, 0.3) is 0 Å². The van der Waals surface area contributed by atoms with Crippen molar-refractivity contribution in [1.29, 1.82) is 0 Å². The molecule has 7 nitrogen and oxygen atoms in total. The molecule has 0 fully saturated rings. The van der Waals surface area contributed by atoms with Gasteiger partial charge in [-0.1, -0.05) is 39.0 Å². The standard InChI is InChI=1S/C37H46N6O/c1-7-10-36(44)43(24(5)9-3)22-34-38-20-33(40-34)28-13-15-29-25(17-28)11-12-26-19-31-27(18-30(26)29)14-16-32-37(31)41-35(39-32)21-42(6)23(4)8-2/h13-20,23-24H,7-12,21-22H2,1-6H3,(H,38,40)(H,39,41)/t23-,24-/m0/s1. The lowest BCUT2D eigenvalue weighted by Crippen LogP contribution is -2.37. The van der Waals surface area contributed by atoms with Crippen LogP contribution in [-0.2, 0) is 30.7 Å². The van der Waals surface area contributed by atoms with Crippen molar-refractivity contribution in [1.82, 2.24) is 29.7 Å². The van der Waals surface area contributed by atoms with Crippen LogP contribution in [0.25, 0.3) is 44.2 Å². The van der Waals surface area contributed by atoms with Gasteiger partial charge in [-0.2, -0.15) is 0 Å². The molecule has 2 heterocycles. The van der Waals surface area contributed by atoms with Crippen LogP contribution in [0.15, 0.2) is 48.7 Å². The average molecular weight is 591 g/mol. The molecule has 2 N–H and O–H groups in total. The molecule has 2 aromatic heterocycles. The second kappa shape index (κ2) is 12.6. The minimum absolute atomic E-state index is 0.185. The Bertz CT molecular complexity index is 1800. The van der Waals surface area contributed by atoms with Gasteiger partial charge < -0.3 is 14.9 Å². The summed E-state index contributed by atoms with van der Waals surface area (Å²) >= 11 is 0. The van der Waals surface area contributed by atoms with Crippen molar-refractivity contribution in [2.75, 3.05) is 7.05 Å². The second-order valence-corrected chi connectivity index (χ2v) is 12.7. The quantitative estimate of drug-likeness (QED) is 0.163. The Balaban J connectivity index is 1.27. The largest absolute Gasteiger partial charge is 0.341 e. The third kappa shape index (κ3) is 5.77. The van der Waals surface area contributed by atoms with E-state index >= 15 is 0 Å². The molecular weight excluding hydrogens is 544 g/mol. The summed E-state index contributed by atoms with van der Waals surface area (Å²) in [6, 6.07) is 16.6. The predicted molar refractivity (Wildman–Crippen MR) is 180 cm³/mol. The molecule has 1 aliphatic rings. The first-order chi connectivity index (χ1) is 21.3. The molecule has 44 heavy (non-hydrogen) atoms. The minimum atomic E-state index is 0.185. The molecule has 0 saturated carbocycles. The number of imidazole rings is 2. The fourth-order valence-corrected chi connectivity index (χ4v) is 6.50. The molecule has 2 atom stereocenters. The van der Waals surface area contributed by atoms with Gasteiger partial charge >= 0.3 is 0 Å². The SMILES string of the molecule is CCCC(=O)N(Cc1ncc(-c2ccc3c(c2)CCc2cc4c(ccc5[nH]c(CN(C)[C@@H](C)CC)nc54)cc2-3)[nH]1)[C@@H](C)CC. The number of aryl methyl sites for hydroxylation is 2. The molecule has 0 aliphatic heterocycles. The van der Waals surface area contributed by atoms with E-state index in [-0.39, 0.29) is 11.9 Å². The minimum Gasteiger partial charge on any atom is -0.341 e. The highest BCUT2D eigenvalue weighted by Crippen LogP contribution is 2.39. The third-order valence-electron chi connectivity index (χ3n) is 9.71. The van der Waals surface area contributed by atoms with Gasteiger partial charge in [-0.25, -0.2) is 9.97 Å². The second-order valence-electron chi connectivity index (χ2n) is 12.7. The molecule has 1 amide bonds. The lowest BCUT2D eigenvalue weighted by molar-refractivity contribution is -0.134. The number of nitrogens with zero attached hydrogens (tertiary/aromatic N) is 4. The van der Waals surface area contributed by atoms with Crippen LogP contribution in [0.3, 0.4) is 0 Å². The maximum Gasteiger partial charge on any atom is 0.223 e. The van der Waals surface area contributed by atoms with Crippen LogP contribution >= 0.6 is 0 Å². The van der Waals surface area contributed by atoms with Crippen LogP contribution < -0.4 is 0 Å². The lowest BCUT2D eigenvalue weighted by Gasteiger charge is -2.27. The number of carbonyl (C=O) groups excluding carboxylic acids is 1. The molecule has 0 unspecified atom stereocenters. The highest BCUT2D eigenvalue weighted by atomic mass is 16.2. The number of fused-ring (bicyclic) bond motifs is 6. The molecule has 3 aromatic carbocycles. The van der Waals surface area contributed by atoms with E-state index in [0.29, 0.717) is 19.0 Å². The van der Waals surface area contributed by atoms with E-state index in [1.165, 1.54) is 33.0 Å². The van der Waals surface area contributed by atoms with Crippen molar-refractivity contribution in [2.45, 2.75) is 98.3 Å². The number of hydrogen-bond acceptors (Lipinski definition) is 4. The molecular formula is C37H46N6O. The maximum atomic E-state index is 12.8. The van der Waals surface area contributed by atoms with Crippen molar-refractivity contribution in [3.63, 3.8) is 0 Å². The molecule has 5 aromatic rings. The van der Waals surface area contributed by atoms with Gasteiger partial charge in [-0.15, -0.1) is 0 Å². The molecule has 0 radical (unpaired) electrons. The number of carbonyl (C=O) groups is 1. The first-order valence-electron chi connectivity index (χ1n) is 16.4. The zero-order chi connectivity index (χ0) is 31.0. The van der Waals surface area contributed by atoms with E-state index in [4.69, 9.17) is 4.98 Å². The molecule has 6 rings (SSSR count). The molecule has 230 valence electrons. The van der Waals surface area contributed by atoms with Crippen LogP contribution in [-0.4, -0.2) is 54.8 Å². The Labute approximate surface area is 261 Å². The summed E-state index contributed by atoms with van der Waals surface area (Å²) in [7, 11) is 2.17. The molecule has 0 spiro atoms. The Hall–Kier alpha value is -3.97. The maximum absolute atomic E-state index is 12.8. The third-order valence-corrected chi connectivity index (χ3v) is 9.71. The van der Waals surface area contributed by atoms with Crippen LogP contribution in [0.4, 0.5) is 0 Å². The first kappa shape index (κ1) is 30.1. The summed E-state index contributed by atoms with van der Waals surface area (Å²) in [4.78, 5) is 33.9. The van der Waals surface area contributed by atoms with Crippen LogP contribution in [0.5, 0.6) is 0 Å². The number of amides is 1. The Morgan fingerprint density at radius 2 is 1.66 bits per heavy atom. The van der Waals surface area contributed by atoms with E-state index in [9.17, 15) is 4.79 Å². The summed E-state index contributed by atoms with van der Waals surface area (Å²) in [5.74, 6) is 2.05. The van der Waals surface area contributed by atoms with E-state index in [1.807, 2.05) is 11.1 Å². The lowest BCUT2D eigenvalue weighted by atomic mass is 9.83. The zero-order valence-corrected chi connectivity index (χ0v) is 27.1. The summed E-state index contributed by atoms with van der Waals surface area (Å²) in [6.07, 6.45) is 7.38. The topological polar surface area (TPSA) is 80.9 Å². The number of benzene rings is 3. The zero-order valence-electron chi connectivity index (χ0n) is 27.1. The van der Waals surface area contributed by atoms with E-state index in [1.54, 1.807) is 0 Å². The molecule has 7 heteroatoms. The Kier molecular flexibility index (Phi) is 8.59. The van der Waals surface area contributed by atoms with Crippen molar-refractivity contribution in [2.24, 2.45) is 0 Å². The summed E-state index contributed by atoms with van der Waals surface area (Å²) in [5, 5.41) is 2.45. The summed E-state index contributed by atoms with van der Waals surface area (Å²) < 4.78 is 0. The van der Waals surface area contributed by atoms with Gasteiger partial charge in [-0.3, -0.25) is 9.69 Å². The molecule has 1 aliphatic carbocycles. The number of aromatic amines is 2. The summed E-state index contributed by atoms with van der Waals surface area (Å²) in [6.45, 7) is 12.1. The first-order valence-corrected chi connectivity index (χ1v) is 16.4. The van der Waals surface area contributed by atoms with Gasteiger partial charge in [0.05, 0.1) is 36.0 Å². The van der Waals surface area contributed by atoms with E-state index < -0.39 is 0 Å². The van der Waals surface area contributed by atoms with Crippen LogP contribution in [0.1, 0.15) is 83.1 Å². The number of hydrogen-bond donors (Lipinski definition) is 2.